The van der Waals surface area contributed by atoms with Crippen molar-refractivity contribution >= 4 is 35.1 Å². The standard InChI is InChI=1S/C19H18Cl2O6/c1-24-16-10-12(20)6-8-14(16)26-18(22)4-3-5-19(23)27-15-9-7-13(21)11-17(15)25-2/h6-11H,3-5H2,1-2H3. The lowest BCUT2D eigenvalue weighted by atomic mass is 10.2. The Morgan fingerprint density at radius 3 is 1.52 bits per heavy atom. The van der Waals surface area contributed by atoms with Crippen molar-refractivity contribution in [1.82, 2.24) is 0 Å². The van der Waals surface area contributed by atoms with Gasteiger partial charge in [-0.2, -0.15) is 0 Å². The molecule has 0 N–H and O–H groups in total. The van der Waals surface area contributed by atoms with Gasteiger partial charge in [-0.05, 0) is 30.7 Å². The first-order valence-electron chi connectivity index (χ1n) is 8.01. The minimum absolute atomic E-state index is 0.0403. The van der Waals surface area contributed by atoms with Crippen LogP contribution in [0.15, 0.2) is 36.4 Å². The van der Waals surface area contributed by atoms with E-state index in [-0.39, 0.29) is 30.8 Å². The van der Waals surface area contributed by atoms with Crippen LogP contribution in [-0.2, 0) is 9.59 Å². The second kappa shape index (κ2) is 10.0. The van der Waals surface area contributed by atoms with Gasteiger partial charge in [0.15, 0.2) is 23.0 Å². The summed E-state index contributed by atoms with van der Waals surface area (Å²) in [5.41, 5.74) is 0. The summed E-state index contributed by atoms with van der Waals surface area (Å²) < 4.78 is 20.7. The molecule has 2 rings (SSSR count). The molecule has 0 heterocycles. The third kappa shape index (κ3) is 6.34. The van der Waals surface area contributed by atoms with Crippen molar-refractivity contribution in [2.75, 3.05) is 14.2 Å². The summed E-state index contributed by atoms with van der Waals surface area (Å²) in [6, 6.07) is 9.34. The Kier molecular flexibility index (Phi) is 7.76. The Morgan fingerprint density at radius 2 is 1.15 bits per heavy atom. The van der Waals surface area contributed by atoms with Crippen molar-refractivity contribution in [3.63, 3.8) is 0 Å². The highest BCUT2D eigenvalue weighted by molar-refractivity contribution is 6.31. The molecule has 0 spiro atoms. The lowest BCUT2D eigenvalue weighted by Gasteiger charge is -2.10. The number of hydrogen-bond donors (Lipinski definition) is 0. The molecule has 0 bridgehead atoms. The van der Waals surface area contributed by atoms with Crippen molar-refractivity contribution in [3.8, 4) is 23.0 Å². The SMILES string of the molecule is COc1cc(Cl)ccc1OC(=O)CCCC(=O)Oc1ccc(Cl)cc1OC. The maximum Gasteiger partial charge on any atom is 0.311 e. The monoisotopic (exact) mass is 412 g/mol. The zero-order valence-electron chi connectivity index (χ0n) is 14.8. The van der Waals surface area contributed by atoms with Gasteiger partial charge >= 0.3 is 11.9 Å². The minimum Gasteiger partial charge on any atom is -0.493 e. The molecule has 8 heteroatoms. The number of carbonyl (C=O) groups is 2. The summed E-state index contributed by atoms with van der Waals surface area (Å²) >= 11 is 11.7. The highest BCUT2D eigenvalue weighted by atomic mass is 35.5. The summed E-state index contributed by atoms with van der Waals surface area (Å²) in [4.78, 5) is 23.9. The molecule has 2 aromatic carbocycles. The van der Waals surface area contributed by atoms with Gasteiger partial charge in [0.25, 0.3) is 0 Å². The van der Waals surface area contributed by atoms with Gasteiger partial charge in [-0.3, -0.25) is 9.59 Å². The smallest absolute Gasteiger partial charge is 0.311 e. The summed E-state index contributed by atoms with van der Waals surface area (Å²) in [6.45, 7) is 0. The zero-order valence-corrected chi connectivity index (χ0v) is 16.3. The van der Waals surface area contributed by atoms with Gasteiger partial charge in [-0.25, -0.2) is 0 Å². The average molecular weight is 413 g/mol. The van der Waals surface area contributed by atoms with Gasteiger partial charge in [-0.1, -0.05) is 23.2 Å². The summed E-state index contributed by atoms with van der Waals surface area (Å²) in [5.74, 6) is 0.246. The van der Waals surface area contributed by atoms with E-state index in [0.29, 0.717) is 21.5 Å². The number of rotatable bonds is 8. The van der Waals surface area contributed by atoms with Crippen molar-refractivity contribution < 1.29 is 28.5 Å². The number of hydrogen-bond acceptors (Lipinski definition) is 6. The van der Waals surface area contributed by atoms with Crippen LogP contribution >= 0.6 is 23.2 Å². The molecule has 0 aliphatic rings. The van der Waals surface area contributed by atoms with Crippen LogP contribution in [0.4, 0.5) is 0 Å². The van der Waals surface area contributed by atoms with E-state index >= 15 is 0 Å². The largest absolute Gasteiger partial charge is 0.493 e. The van der Waals surface area contributed by atoms with Crippen LogP contribution in [0, 0.1) is 0 Å². The molecule has 6 nitrogen and oxygen atoms in total. The molecule has 0 unspecified atom stereocenters. The van der Waals surface area contributed by atoms with Gasteiger partial charge in [0, 0.05) is 35.0 Å². The molecule has 0 radical (unpaired) electrons. The predicted molar refractivity (Wildman–Crippen MR) is 101 cm³/mol. The molecule has 0 saturated heterocycles. The number of methoxy groups -OCH3 is 2. The maximum absolute atomic E-state index is 11.9. The van der Waals surface area contributed by atoms with Crippen LogP contribution in [0.5, 0.6) is 23.0 Å². The number of esters is 2. The zero-order chi connectivity index (χ0) is 19.8. The maximum atomic E-state index is 11.9. The van der Waals surface area contributed by atoms with Crippen molar-refractivity contribution in [3.05, 3.63) is 46.4 Å². The quantitative estimate of drug-likeness (QED) is 0.462. The molecular formula is C19H18Cl2O6. The van der Waals surface area contributed by atoms with Crippen LogP contribution < -0.4 is 18.9 Å². The van der Waals surface area contributed by atoms with Crippen molar-refractivity contribution in [1.29, 1.82) is 0 Å². The highest BCUT2D eigenvalue weighted by Crippen LogP contribution is 2.31. The molecule has 0 aromatic heterocycles. The number of ether oxygens (including phenoxy) is 4. The van der Waals surface area contributed by atoms with Crippen LogP contribution in [0.1, 0.15) is 19.3 Å². The van der Waals surface area contributed by atoms with E-state index in [1.807, 2.05) is 0 Å². The van der Waals surface area contributed by atoms with Gasteiger partial charge in [-0.15, -0.1) is 0 Å². The Bertz CT molecular complexity index is 754. The molecule has 0 amide bonds. The van der Waals surface area contributed by atoms with Crippen LogP contribution in [0.2, 0.25) is 10.0 Å². The highest BCUT2D eigenvalue weighted by Gasteiger charge is 2.14. The molecule has 0 aliphatic heterocycles. The van der Waals surface area contributed by atoms with Crippen LogP contribution in [0.25, 0.3) is 0 Å². The Balaban J connectivity index is 1.82. The van der Waals surface area contributed by atoms with E-state index in [4.69, 9.17) is 42.1 Å². The van der Waals surface area contributed by atoms with Gasteiger partial charge in [0.2, 0.25) is 0 Å². The number of benzene rings is 2. The second-order valence-electron chi connectivity index (χ2n) is 5.39. The van der Waals surface area contributed by atoms with Gasteiger partial charge in [0.05, 0.1) is 14.2 Å². The first kappa shape index (κ1) is 20.9. The van der Waals surface area contributed by atoms with E-state index in [1.165, 1.54) is 14.2 Å². The molecule has 2 aromatic rings. The van der Waals surface area contributed by atoms with Crippen molar-refractivity contribution in [2.45, 2.75) is 19.3 Å². The topological polar surface area (TPSA) is 71.1 Å². The first-order valence-corrected chi connectivity index (χ1v) is 8.77. The van der Waals surface area contributed by atoms with E-state index in [9.17, 15) is 9.59 Å². The molecule has 0 atom stereocenters. The van der Waals surface area contributed by atoms with Crippen molar-refractivity contribution in [2.24, 2.45) is 0 Å². The normalized spacial score (nSPS) is 10.2. The Hall–Kier alpha value is -2.44. The second-order valence-corrected chi connectivity index (χ2v) is 6.26. The predicted octanol–water partition coefficient (Wildman–Crippen LogP) is 4.69. The summed E-state index contributed by atoms with van der Waals surface area (Å²) in [5, 5.41) is 0.930. The Labute approximate surface area is 166 Å². The molecule has 0 aliphatic carbocycles. The molecule has 0 fully saturated rings. The van der Waals surface area contributed by atoms with E-state index < -0.39 is 11.9 Å². The first-order chi connectivity index (χ1) is 12.9. The van der Waals surface area contributed by atoms with Crippen LogP contribution in [-0.4, -0.2) is 26.2 Å². The Morgan fingerprint density at radius 1 is 0.741 bits per heavy atom. The average Bonchev–Trinajstić information content (AvgIpc) is 2.64. The van der Waals surface area contributed by atoms with Gasteiger partial charge < -0.3 is 18.9 Å². The lowest BCUT2D eigenvalue weighted by molar-refractivity contribution is -0.136. The fraction of sp³-hybridized carbons (Fsp3) is 0.263. The number of halogens is 2. The summed E-state index contributed by atoms with van der Waals surface area (Å²) in [7, 11) is 2.90. The third-order valence-electron chi connectivity index (χ3n) is 3.46. The third-order valence-corrected chi connectivity index (χ3v) is 3.93. The minimum atomic E-state index is -0.493. The molecule has 27 heavy (non-hydrogen) atoms. The van der Waals surface area contributed by atoms with Crippen LogP contribution in [0.3, 0.4) is 0 Å². The fourth-order valence-corrected chi connectivity index (χ4v) is 2.50. The van der Waals surface area contributed by atoms with E-state index in [1.54, 1.807) is 36.4 Å². The molecule has 144 valence electrons. The molecular weight excluding hydrogens is 395 g/mol. The van der Waals surface area contributed by atoms with E-state index in [2.05, 4.69) is 0 Å². The fourth-order valence-electron chi connectivity index (χ4n) is 2.18. The summed E-state index contributed by atoms with van der Waals surface area (Å²) in [6.07, 6.45) is 0.348. The molecule has 0 saturated carbocycles. The van der Waals surface area contributed by atoms with E-state index in [0.717, 1.165) is 0 Å². The van der Waals surface area contributed by atoms with Gasteiger partial charge in [0.1, 0.15) is 0 Å². The lowest BCUT2D eigenvalue weighted by Crippen LogP contribution is -2.12. The number of carbonyl (C=O) groups excluding carboxylic acids is 2.